The van der Waals surface area contributed by atoms with Gasteiger partial charge in [0.25, 0.3) is 0 Å². The van der Waals surface area contributed by atoms with Crippen molar-refractivity contribution in [3.05, 3.63) is 24.3 Å². The van der Waals surface area contributed by atoms with Gasteiger partial charge in [0.05, 0.1) is 0 Å². The van der Waals surface area contributed by atoms with Gasteiger partial charge in [-0.2, -0.15) is 0 Å². The van der Waals surface area contributed by atoms with Gasteiger partial charge in [-0.3, -0.25) is 9.59 Å². The maximum absolute atomic E-state index is 10.3. The molecular formula is C28H52O4Zn. The molecule has 0 fully saturated rings. The summed E-state index contributed by atoms with van der Waals surface area (Å²) in [6.07, 6.45) is 30.9. The molecule has 33 heavy (non-hydrogen) atoms. The first-order valence-corrected chi connectivity index (χ1v) is 13.3. The molecule has 0 saturated carbocycles. The van der Waals surface area contributed by atoms with Crippen LogP contribution in [-0.4, -0.2) is 22.2 Å². The van der Waals surface area contributed by atoms with Gasteiger partial charge in [0.15, 0.2) is 0 Å². The number of rotatable bonds is 22. The van der Waals surface area contributed by atoms with Gasteiger partial charge in [-0.1, -0.05) is 102 Å². The molecule has 4 nitrogen and oxygen atoms in total. The molecule has 0 spiro atoms. The largest absolute Gasteiger partial charge is 0.481 e. The van der Waals surface area contributed by atoms with Crippen LogP contribution in [0.25, 0.3) is 0 Å². The Kier molecular flexibility index (Phi) is 36.9. The predicted octanol–water partition coefficient (Wildman–Crippen LogP) is 9.09. The van der Waals surface area contributed by atoms with E-state index in [4.69, 9.17) is 10.2 Å². The van der Waals surface area contributed by atoms with Gasteiger partial charge >= 0.3 is 11.9 Å². The van der Waals surface area contributed by atoms with Gasteiger partial charge in [0.1, 0.15) is 0 Å². The van der Waals surface area contributed by atoms with Gasteiger partial charge in [0.2, 0.25) is 0 Å². The standard InChI is InChI=1S/2C14H26O2.Zn/c2*1-2-3-4-5-6-7-8-9-10-11-12-13-14(15)16;/h2*4-5H,2-3,6-13H2,1H3,(H,15,16);. The molecule has 0 aromatic carbocycles. The van der Waals surface area contributed by atoms with Crippen LogP contribution >= 0.6 is 0 Å². The van der Waals surface area contributed by atoms with Crippen molar-refractivity contribution in [2.75, 3.05) is 0 Å². The third-order valence-electron chi connectivity index (χ3n) is 5.27. The molecule has 0 bridgehead atoms. The second-order valence-corrected chi connectivity index (χ2v) is 8.63. The molecule has 190 valence electrons. The topological polar surface area (TPSA) is 74.6 Å². The van der Waals surface area contributed by atoms with E-state index in [1.54, 1.807) is 0 Å². The number of unbranched alkanes of at least 4 members (excludes halogenated alkanes) is 14. The Morgan fingerprint density at radius 2 is 0.758 bits per heavy atom. The van der Waals surface area contributed by atoms with E-state index in [1.807, 2.05) is 0 Å². The Bertz CT molecular complexity index is 419. The number of allylic oxidation sites excluding steroid dienone is 4. The number of hydrogen-bond donors (Lipinski definition) is 2. The van der Waals surface area contributed by atoms with Crippen molar-refractivity contribution in [2.24, 2.45) is 0 Å². The van der Waals surface area contributed by atoms with Gasteiger partial charge in [-0.15, -0.1) is 0 Å². The first-order valence-electron chi connectivity index (χ1n) is 13.3. The summed E-state index contributed by atoms with van der Waals surface area (Å²) in [4.78, 5) is 20.5. The third kappa shape index (κ3) is 41.8. The number of carboxylic acids is 2. The second-order valence-electron chi connectivity index (χ2n) is 8.63. The summed E-state index contributed by atoms with van der Waals surface area (Å²) in [5.74, 6) is -1.33. The minimum atomic E-state index is -0.666. The summed E-state index contributed by atoms with van der Waals surface area (Å²) < 4.78 is 0. The summed E-state index contributed by atoms with van der Waals surface area (Å²) >= 11 is 0. The number of carboxylic acid groups (broad SMARTS) is 2. The molecule has 0 atom stereocenters. The Morgan fingerprint density at radius 1 is 0.485 bits per heavy atom. The van der Waals surface area contributed by atoms with Crippen molar-refractivity contribution in [1.82, 2.24) is 0 Å². The molecule has 0 amide bonds. The molecule has 0 saturated heterocycles. The quantitative estimate of drug-likeness (QED) is 0.0852. The molecule has 0 aromatic heterocycles. The van der Waals surface area contributed by atoms with Crippen LogP contribution in [0.3, 0.4) is 0 Å². The fourth-order valence-electron chi connectivity index (χ4n) is 3.30. The monoisotopic (exact) mass is 516 g/mol. The van der Waals surface area contributed by atoms with Crippen molar-refractivity contribution >= 4 is 11.9 Å². The summed E-state index contributed by atoms with van der Waals surface area (Å²) in [6, 6.07) is 0. The fraction of sp³-hybridized carbons (Fsp3) is 0.786. The molecule has 0 aromatic rings. The summed E-state index contributed by atoms with van der Waals surface area (Å²) in [7, 11) is 0. The van der Waals surface area contributed by atoms with Gasteiger partial charge in [0, 0.05) is 32.3 Å². The van der Waals surface area contributed by atoms with Crippen molar-refractivity contribution < 1.29 is 39.3 Å². The van der Waals surface area contributed by atoms with E-state index >= 15 is 0 Å². The molecular weight excluding hydrogens is 466 g/mol. The average molecular weight is 518 g/mol. The van der Waals surface area contributed by atoms with Crippen molar-refractivity contribution in [3.63, 3.8) is 0 Å². The van der Waals surface area contributed by atoms with Crippen LogP contribution in [0.4, 0.5) is 0 Å². The third-order valence-corrected chi connectivity index (χ3v) is 5.27. The van der Waals surface area contributed by atoms with Crippen LogP contribution in [-0.2, 0) is 29.1 Å². The van der Waals surface area contributed by atoms with Crippen molar-refractivity contribution in [1.29, 1.82) is 0 Å². The first kappa shape index (κ1) is 36.6. The van der Waals surface area contributed by atoms with E-state index in [9.17, 15) is 9.59 Å². The van der Waals surface area contributed by atoms with E-state index in [1.165, 1.54) is 89.9 Å². The molecule has 0 heterocycles. The zero-order valence-electron chi connectivity index (χ0n) is 21.9. The van der Waals surface area contributed by atoms with E-state index < -0.39 is 11.9 Å². The van der Waals surface area contributed by atoms with E-state index in [-0.39, 0.29) is 19.5 Å². The summed E-state index contributed by atoms with van der Waals surface area (Å²) in [5.41, 5.74) is 0. The van der Waals surface area contributed by atoms with Crippen molar-refractivity contribution in [3.8, 4) is 0 Å². The minimum Gasteiger partial charge on any atom is -0.481 e. The smallest absolute Gasteiger partial charge is 0.303 e. The molecule has 0 rings (SSSR count). The molecule has 5 heteroatoms. The van der Waals surface area contributed by atoms with Crippen molar-refractivity contribution in [2.45, 2.75) is 142 Å². The Hall–Kier alpha value is -0.957. The first-order chi connectivity index (χ1) is 15.5. The van der Waals surface area contributed by atoms with Crippen LogP contribution in [0.5, 0.6) is 0 Å². The van der Waals surface area contributed by atoms with Gasteiger partial charge in [-0.25, -0.2) is 0 Å². The van der Waals surface area contributed by atoms with Gasteiger partial charge < -0.3 is 10.2 Å². The second kappa shape index (κ2) is 33.2. The molecule has 0 aliphatic rings. The SMILES string of the molecule is CCCC=CCCCCCCCCC(=O)O.CCCC=CCCCCCCCCC(=O)O.[Zn]. The molecule has 0 unspecified atom stereocenters. The minimum absolute atomic E-state index is 0. The maximum atomic E-state index is 10.3. The Morgan fingerprint density at radius 3 is 1.06 bits per heavy atom. The normalized spacial score (nSPS) is 10.7. The molecule has 0 aliphatic carbocycles. The van der Waals surface area contributed by atoms with Crippen LogP contribution in [0, 0.1) is 0 Å². The fourth-order valence-corrected chi connectivity index (χ4v) is 3.30. The number of hydrogen-bond acceptors (Lipinski definition) is 2. The summed E-state index contributed by atoms with van der Waals surface area (Å²) in [6.45, 7) is 4.39. The maximum Gasteiger partial charge on any atom is 0.303 e. The zero-order valence-corrected chi connectivity index (χ0v) is 24.8. The Labute approximate surface area is 217 Å². The average Bonchev–Trinajstić information content (AvgIpc) is 2.76. The van der Waals surface area contributed by atoms with Crippen LogP contribution < -0.4 is 0 Å². The number of carbonyl (C=O) groups is 2. The molecule has 2 N–H and O–H groups in total. The van der Waals surface area contributed by atoms with Crippen LogP contribution in [0.15, 0.2) is 24.3 Å². The molecule has 0 radical (unpaired) electrons. The van der Waals surface area contributed by atoms with E-state index in [0.29, 0.717) is 12.8 Å². The summed E-state index contributed by atoms with van der Waals surface area (Å²) in [5, 5.41) is 16.9. The predicted molar refractivity (Wildman–Crippen MR) is 137 cm³/mol. The number of aliphatic carboxylic acids is 2. The van der Waals surface area contributed by atoms with Crippen LogP contribution in [0.1, 0.15) is 142 Å². The Balaban J connectivity index is -0.000000529. The zero-order chi connectivity index (χ0) is 24.1. The van der Waals surface area contributed by atoms with Gasteiger partial charge in [-0.05, 0) is 51.4 Å². The molecule has 0 aliphatic heterocycles. The van der Waals surface area contributed by atoms with Crippen LogP contribution in [0.2, 0.25) is 0 Å². The van der Waals surface area contributed by atoms with E-state index in [0.717, 1.165) is 25.7 Å². The van der Waals surface area contributed by atoms with E-state index in [2.05, 4.69) is 38.2 Å².